The summed E-state index contributed by atoms with van der Waals surface area (Å²) in [5, 5.41) is 0. The summed E-state index contributed by atoms with van der Waals surface area (Å²) in [6.07, 6.45) is 5.18. The molecule has 1 aromatic heterocycles. The minimum atomic E-state index is 0.427. The molecule has 0 spiro atoms. The van der Waals surface area contributed by atoms with E-state index in [-0.39, 0.29) is 0 Å². The Labute approximate surface area is 59.2 Å². The van der Waals surface area contributed by atoms with Gasteiger partial charge >= 0.3 is 0 Å². The first-order valence-corrected chi connectivity index (χ1v) is 3.55. The Morgan fingerprint density at radius 3 is 3.00 bits per heavy atom. The molecule has 1 aromatic rings. The van der Waals surface area contributed by atoms with Gasteiger partial charge in [0.15, 0.2) is 5.89 Å². The molecule has 0 aromatic carbocycles. The minimum Gasteiger partial charge on any atom is -0.426 e. The lowest BCUT2D eigenvalue weighted by Gasteiger charge is -1.87. The Morgan fingerprint density at radius 1 is 1.70 bits per heavy atom. The highest BCUT2D eigenvalue weighted by Crippen LogP contribution is 2.32. The zero-order valence-corrected chi connectivity index (χ0v) is 5.71. The van der Waals surface area contributed by atoms with Crippen LogP contribution in [0.4, 0.5) is 5.88 Å². The standard InChI is InChI=1S/C7H10N2O/c8-6-4-9-7(10-6)3-5-1-2-5/h4-5H,1-3,8H2. The molecule has 0 saturated heterocycles. The maximum atomic E-state index is 5.35. The van der Waals surface area contributed by atoms with Gasteiger partial charge in [-0.05, 0) is 18.8 Å². The lowest BCUT2D eigenvalue weighted by atomic mass is 10.3. The van der Waals surface area contributed by atoms with Gasteiger partial charge in [-0.25, -0.2) is 4.98 Å². The van der Waals surface area contributed by atoms with Crippen molar-refractivity contribution in [3.63, 3.8) is 0 Å². The average molecular weight is 138 g/mol. The fraction of sp³-hybridized carbons (Fsp3) is 0.571. The minimum absolute atomic E-state index is 0.427. The van der Waals surface area contributed by atoms with Crippen molar-refractivity contribution in [1.82, 2.24) is 4.98 Å². The highest BCUT2D eigenvalue weighted by molar-refractivity contribution is 5.18. The number of hydrogen-bond donors (Lipinski definition) is 1. The fourth-order valence-corrected chi connectivity index (χ4v) is 0.988. The van der Waals surface area contributed by atoms with E-state index in [9.17, 15) is 0 Å². The van der Waals surface area contributed by atoms with Crippen molar-refractivity contribution < 1.29 is 4.42 Å². The third-order valence-corrected chi connectivity index (χ3v) is 1.73. The van der Waals surface area contributed by atoms with Crippen LogP contribution in [0.1, 0.15) is 18.7 Å². The fourth-order valence-electron chi connectivity index (χ4n) is 0.988. The number of oxazole rings is 1. The molecule has 3 nitrogen and oxygen atoms in total. The van der Waals surface area contributed by atoms with Crippen molar-refractivity contribution >= 4 is 5.88 Å². The summed E-state index contributed by atoms with van der Waals surface area (Å²) in [4.78, 5) is 4.00. The van der Waals surface area contributed by atoms with Gasteiger partial charge in [-0.1, -0.05) is 0 Å². The molecule has 3 heteroatoms. The maximum Gasteiger partial charge on any atom is 0.211 e. The summed E-state index contributed by atoms with van der Waals surface area (Å²) < 4.78 is 5.10. The monoisotopic (exact) mass is 138 g/mol. The first-order valence-electron chi connectivity index (χ1n) is 3.55. The van der Waals surface area contributed by atoms with Gasteiger partial charge in [0.1, 0.15) is 0 Å². The summed E-state index contributed by atoms with van der Waals surface area (Å²) >= 11 is 0. The molecule has 0 atom stereocenters. The average Bonchev–Trinajstić information content (AvgIpc) is 2.59. The van der Waals surface area contributed by atoms with E-state index in [1.165, 1.54) is 12.8 Å². The van der Waals surface area contributed by atoms with Gasteiger partial charge < -0.3 is 10.2 Å². The van der Waals surface area contributed by atoms with E-state index >= 15 is 0 Å². The number of hydrogen-bond acceptors (Lipinski definition) is 3. The molecular weight excluding hydrogens is 128 g/mol. The van der Waals surface area contributed by atoms with Crippen molar-refractivity contribution in [1.29, 1.82) is 0 Å². The number of anilines is 1. The third-order valence-electron chi connectivity index (χ3n) is 1.73. The lowest BCUT2D eigenvalue weighted by molar-refractivity contribution is 0.497. The van der Waals surface area contributed by atoms with E-state index < -0.39 is 0 Å². The lowest BCUT2D eigenvalue weighted by Crippen LogP contribution is -1.85. The summed E-state index contributed by atoms with van der Waals surface area (Å²) in [6, 6.07) is 0. The molecule has 54 valence electrons. The summed E-state index contributed by atoms with van der Waals surface area (Å²) in [5.41, 5.74) is 5.35. The summed E-state index contributed by atoms with van der Waals surface area (Å²) in [6.45, 7) is 0. The SMILES string of the molecule is Nc1cnc(CC2CC2)o1. The number of nitrogens with zero attached hydrogens (tertiary/aromatic N) is 1. The predicted molar refractivity (Wildman–Crippen MR) is 37.3 cm³/mol. The Hall–Kier alpha value is -0.990. The van der Waals surface area contributed by atoms with Gasteiger partial charge in [0.2, 0.25) is 5.88 Å². The van der Waals surface area contributed by atoms with Crippen LogP contribution in [0.3, 0.4) is 0 Å². The first kappa shape index (κ1) is 5.77. The second-order valence-corrected chi connectivity index (χ2v) is 2.80. The van der Waals surface area contributed by atoms with Gasteiger partial charge in [-0.2, -0.15) is 0 Å². The van der Waals surface area contributed by atoms with E-state index in [4.69, 9.17) is 10.2 Å². The summed E-state index contributed by atoms with van der Waals surface area (Å²) in [5.74, 6) is 2.04. The van der Waals surface area contributed by atoms with E-state index in [1.807, 2.05) is 0 Å². The molecule has 1 heterocycles. The van der Waals surface area contributed by atoms with Crippen LogP contribution in [0.2, 0.25) is 0 Å². The van der Waals surface area contributed by atoms with Crippen molar-refractivity contribution in [3.8, 4) is 0 Å². The summed E-state index contributed by atoms with van der Waals surface area (Å²) in [7, 11) is 0. The van der Waals surface area contributed by atoms with E-state index in [1.54, 1.807) is 6.20 Å². The molecule has 1 aliphatic carbocycles. The van der Waals surface area contributed by atoms with Gasteiger partial charge in [-0.3, -0.25) is 0 Å². The zero-order valence-electron chi connectivity index (χ0n) is 5.71. The van der Waals surface area contributed by atoms with Crippen LogP contribution < -0.4 is 5.73 Å². The quantitative estimate of drug-likeness (QED) is 0.668. The first-order chi connectivity index (χ1) is 4.84. The molecule has 1 saturated carbocycles. The molecule has 1 aliphatic rings. The number of nitrogen functional groups attached to an aromatic ring is 1. The highest BCUT2D eigenvalue weighted by Gasteiger charge is 2.23. The highest BCUT2D eigenvalue weighted by atomic mass is 16.4. The van der Waals surface area contributed by atoms with Crippen molar-refractivity contribution in [2.45, 2.75) is 19.3 Å². The van der Waals surface area contributed by atoms with Gasteiger partial charge in [-0.15, -0.1) is 0 Å². The van der Waals surface area contributed by atoms with Crippen LogP contribution in [0.15, 0.2) is 10.6 Å². The number of aromatic nitrogens is 1. The topological polar surface area (TPSA) is 52.0 Å². The second-order valence-electron chi connectivity index (χ2n) is 2.80. The van der Waals surface area contributed by atoms with Crippen molar-refractivity contribution in [3.05, 3.63) is 12.1 Å². The maximum absolute atomic E-state index is 5.35. The second kappa shape index (κ2) is 2.01. The molecule has 10 heavy (non-hydrogen) atoms. The van der Waals surface area contributed by atoms with Gasteiger partial charge in [0.05, 0.1) is 6.20 Å². The molecule has 2 N–H and O–H groups in total. The largest absolute Gasteiger partial charge is 0.426 e. The smallest absolute Gasteiger partial charge is 0.211 e. The molecule has 0 radical (unpaired) electrons. The van der Waals surface area contributed by atoms with E-state index in [0.29, 0.717) is 5.88 Å². The molecule has 2 rings (SSSR count). The number of rotatable bonds is 2. The van der Waals surface area contributed by atoms with Crippen LogP contribution in [-0.2, 0) is 6.42 Å². The molecule has 0 aliphatic heterocycles. The molecule has 0 amide bonds. The van der Waals surface area contributed by atoms with Crippen LogP contribution in [0.5, 0.6) is 0 Å². The van der Waals surface area contributed by atoms with E-state index in [2.05, 4.69) is 4.98 Å². The van der Waals surface area contributed by atoms with Crippen molar-refractivity contribution in [2.75, 3.05) is 5.73 Å². The van der Waals surface area contributed by atoms with Crippen LogP contribution in [0.25, 0.3) is 0 Å². The van der Waals surface area contributed by atoms with Crippen LogP contribution in [0, 0.1) is 5.92 Å². The van der Waals surface area contributed by atoms with Crippen LogP contribution >= 0.6 is 0 Å². The predicted octanol–water partition coefficient (Wildman–Crippen LogP) is 1.21. The normalized spacial score (nSPS) is 17.6. The van der Waals surface area contributed by atoms with Gasteiger partial charge in [0, 0.05) is 6.42 Å². The molecule has 0 unspecified atom stereocenters. The van der Waals surface area contributed by atoms with Gasteiger partial charge in [0.25, 0.3) is 0 Å². The van der Waals surface area contributed by atoms with Crippen LogP contribution in [-0.4, -0.2) is 4.98 Å². The molecule has 1 fully saturated rings. The molecular formula is C7H10N2O. The van der Waals surface area contributed by atoms with E-state index in [0.717, 1.165) is 18.2 Å². The number of nitrogens with two attached hydrogens (primary N) is 1. The third kappa shape index (κ3) is 1.12. The van der Waals surface area contributed by atoms with Crippen molar-refractivity contribution in [2.24, 2.45) is 5.92 Å². The Bertz CT molecular complexity index is 227. The zero-order chi connectivity index (χ0) is 6.97. The Balaban J connectivity index is 2.03. The Kier molecular flexibility index (Phi) is 1.16. The Morgan fingerprint density at radius 2 is 2.50 bits per heavy atom. The molecule has 0 bridgehead atoms.